The Bertz CT molecular complexity index is 899. The van der Waals surface area contributed by atoms with Gasteiger partial charge in [-0.3, -0.25) is 4.79 Å². The summed E-state index contributed by atoms with van der Waals surface area (Å²) >= 11 is 1.60. The predicted molar refractivity (Wildman–Crippen MR) is 113 cm³/mol. The predicted octanol–water partition coefficient (Wildman–Crippen LogP) is 1.71. The van der Waals surface area contributed by atoms with E-state index < -0.39 is 10.0 Å². The third-order valence-corrected chi connectivity index (χ3v) is 6.50. The van der Waals surface area contributed by atoms with Crippen LogP contribution < -0.4 is 14.8 Å². The van der Waals surface area contributed by atoms with Gasteiger partial charge in [-0.25, -0.2) is 13.1 Å². The molecule has 1 amide bonds. The van der Waals surface area contributed by atoms with Crippen molar-refractivity contribution >= 4 is 27.3 Å². The Morgan fingerprint density at radius 3 is 2.59 bits per heavy atom. The fourth-order valence-electron chi connectivity index (χ4n) is 2.74. The van der Waals surface area contributed by atoms with E-state index in [0.29, 0.717) is 6.54 Å². The molecule has 0 aliphatic heterocycles. The summed E-state index contributed by atoms with van der Waals surface area (Å²) in [6.45, 7) is 0.739. The summed E-state index contributed by atoms with van der Waals surface area (Å²) in [4.78, 5) is 14.6. The Kier molecular flexibility index (Phi) is 8.60. The Morgan fingerprint density at radius 2 is 2.00 bits per heavy atom. The molecule has 0 saturated carbocycles. The highest BCUT2D eigenvalue weighted by atomic mass is 32.2. The first-order chi connectivity index (χ1) is 13.8. The molecule has 1 aromatic heterocycles. The molecule has 1 aromatic carbocycles. The van der Waals surface area contributed by atoms with Gasteiger partial charge in [0.05, 0.1) is 19.8 Å². The molecule has 2 N–H and O–H groups in total. The zero-order valence-corrected chi connectivity index (χ0v) is 18.6. The van der Waals surface area contributed by atoms with Gasteiger partial charge in [0.25, 0.3) is 5.91 Å². The Hall–Kier alpha value is -1.98. The SMILES string of the molecule is COCCNS(=O)(=O)c1cc(C(=O)NCC(c2ccsc2)N(C)C)ccc1OC. The van der Waals surface area contributed by atoms with Crippen LogP contribution in [0, 0.1) is 0 Å². The number of nitrogens with zero attached hydrogens (tertiary/aromatic N) is 1. The number of nitrogens with one attached hydrogen (secondary N) is 2. The van der Waals surface area contributed by atoms with E-state index in [0.717, 1.165) is 5.56 Å². The maximum absolute atomic E-state index is 12.7. The van der Waals surface area contributed by atoms with Gasteiger partial charge in [-0.15, -0.1) is 0 Å². The van der Waals surface area contributed by atoms with Gasteiger partial charge in [-0.05, 0) is 54.7 Å². The minimum absolute atomic E-state index is 0.0161. The van der Waals surface area contributed by atoms with Crippen LogP contribution in [0.3, 0.4) is 0 Å². The van der Waals surface area contributed by atoms with Gasteiger partial charge in [-0.2, -0.15) is 11.3 Å². The number of rotatable bonds is 11. The monoisotopic (exact) mass is 441 g/mol. The molecule has 29 heavy (non-hydrogen) atoms. The average molecular weight is 442 g/mol. The number of hydrogen-bond acceptors (Lipinski definition) is 7. The lowest BCUT2D eigenvalue weighted by Gasteiger charge is -2.24. The van der Waals surface area contributed by atoms with Gasteiger partial charge in [0.2, 0.25) is 10.0 Å². The van der Waals surface area contributed by atoms with Crippen molar-refractivity contribution in [3.05, 3.63) is 46.2 Å². The van der Waals surface area contributed by atoms with Crippen molar-refractivity contribution in [1.29, 1.82) is 0 Å². The van der Waals surface area contributed by atoms with E-state index in [4.69, 9.17) is 9.47 Å². The fourth-order valence-corrected chi connectivity index (χ4v) is 4.65. The van der Waals surface area contributed by atoms with E-state index in [1.807, 2.05) is 35.8 Å². The minimum atomic E-state index is -3.85. The van der Waals surface area contributed by atoms with Gasteiger partial charge in [-0.1, -0.05) is 0 Å². The molecule has 0 spiro atoms. The van der Waals surface area contributed by atoms with Crippen LogP contribution in [0.4, 0.5) is 0 Å². The number of carbonyl (C=O) groups excluding carboxylic acids is 1. The summed E-state index contributed by atoms with van der Waals surface area (Å²) in [7, 11) is 2.90. The number of ether oxygens (including phenoxy) is 2. The molecular weight excluding hydrogens is 414 g/mol. The van der Waals surface area contributed by atoms with Crippen molar-refractivity contribution in [2.75, 3.05) is 48.0 Å². The highest BCUT2D eigenvalue weighted by Gasteiger charge is 2.22. The maximum atomic E-state index is 12.7. The highest BCUT2D eigenvalue weighted by molar-refractivity contribution is 7.89. The number of benzene rings is 1. The fraction of sp³-hybridized carbons (Fsp3) is 0.421. The Morgan fingerprint density at radius 1 is 1.24 bits per heavy atom. The highest BCUT2D eigenvalue weighted by Crippen LogP contribution is 2.25. The summed E-state index contributed by atoms with van der Waals surface area (Å²) in [5, 5.41) is 6.92. The number of sulfonamides is 1. The molecular formula is C19H27N3O5S2. The maximum Gasteiger partial charge on any atom is 0.251 e. The van der Waals surface area contributed by atoms with Gasteiger partial charge in [0.15, 0.2) is 0 Å². The summed E-state index contributed by atoms with van der Waals surface area (Å²) < 4.78 is 37.6. The summed E-state index contributed by atoms with van der Waals surface area (Å²) in [5.74, 6) is -0.195. The molecule has 1 heterocycles. The van der Waals surface area contributed by atoms with Crippen LogP contribution in [0.5, 0.6) is 5.75 Å². The molecule has 0 saturated heterocycles. The zero-order chi connectivity index (χ0) is 21.4. The van der Waals surface area contributed by atoms with Crippen LogP contribution in [0.25, 0.3) is 0 Å². The first-order valence-electron chi connectivity index (χ1n) is 8.93. The Labute approximate surface area is 175 Å². The van der Waals surface area contributed by atoms with Crippen molar-refractivity contribution in [3.8, 4) is 5.75 Å². The van der Waals surface area contributed by atoms with Crippen LogP contribution in [-0.2, 0) is 14.8 Å². The summed E-state index contributed by atoms with van der Waals surface area (Å²) in [6.07, 6.45) is 0. The van der Waals surface area contributed by atoms with E-state index in [1.54, 1.807) is 11.3 Å². The van der Waals surface area contributed by atoms with Gasteiger partial charge >= 0.3 is 0 Å². The topological polar surface area (TPSA) is 97.0 Å². The largest absolute Gasteiger partial charge is 0.495 e. The normalized spacial score (nSPS) is 12.7. The summed E-state index contributed by atoms with van der Waals surface area (Å²) in [5.41, 5.74) is 1.35. The van der Waals surface area contributed by atoms with E-state index in [1.165, 1.54) is 32.4 Å². The van der Waals surface area contributed by atoms with Gasteiger partial charge in [0.1, 0.15) is 10.6 Å². The lowest BCUT2D eigenvalue weighted by Crippen LogP contribution is -2.34. The van der Waals surface area contributed by atoms with Crippen LogP contribution >= 0.6 is 11.3 Å². The number of methoxy groups -OCH3 is 2. The van der Waals surface area contributed by atoms with Crippen LogP contribution in [0.15, 0.2) is 39.9 Å². The standard InChI is InChI=1S/C19H27N3O5S2/c1-22(2)16(15-7-10-28-13-15)12-20-19(23)14-5-6-17(27-4)18(11-14)29(24,25)21-8-9-26-3/h5-7,10-11,13,16,21H,8-9,12H2,1-4H3,(H,20,23). The molecule has 2 rings (SSSR count). The van der Waals surface area contributed by atoms with Gasteiger partial charge < -0.3 is 19.7 Å². The summed E-state index contributed by atoms with van der Waals surface area (Å²) in [6, 6.07) is 6.37. The second-order valence-corrected chi connectivity index (χ2v) is 9.02. The molecule has 10 heteroatoms. The van der Waals surface area contributed by atoms with Crippen LogP contribution in [0.2, 0.25) is 0 Å². The molecule has 0 aliphatic carbocycles. The van der Waals surface area contributed by atoms with E-state index in [2.05, 4.69) is 10.0 Å². The molecule has 2 aromatic rings. The quantitative estimate of drug-likeness (QED) is 0.516. The number of likely N-dealkylation sites (N-methyl/N-ethyl adjacent to an activating group) is 1. The first-order valence-corrected chi connectivity index (χ1v) is 11.4. The lowest BCUT2D eigenvalue weighted by atomic mass is 10.1. The second-order valence-electron chi connectivity index (χ2n) is 6.50. The number of amides is 1. The zero-order valence-electron chi connectivity index (χ0n) is 17.0. The van der Waals surface area contributed by atoms with Crippen LogP contribution in [0.1, 0.15) is 22.0 Å². The molecule has 8 nitrogen and oxygen atoms in total. The number of carbonyl (C=O) groups is 1. The third kappa shape index (κ3) is 6.25. The van der Waals surface area contributed by atoms with E-state index in [-0.39, 0.29) is 41.3 Å². The van der Waals surface area contributed by atoms with Crippen molar-refractivity contribution in [3.63, 3.8) is 0 Å². The molecule has 0 fully saturated rings. The van der Waals surface area contributed by atoms with Crippen molar-refractivity contribution < 1.29 is 22.7 Å². The first kappa shape index (κ1) is 23.3. The minimum Gasteiger partial charge on any atom is -0.495 e. The van der Waals surface area contributed by atoms with Gasteiger partial charge in [0, 0.05) is 25.8 Å². The molecule has 0 bridgehead atoms. The number of thiophene rings is 1. The molecule has 1 atom stereocenters. The average Bonchev–Trinajstić information content (AvgIpc) is 3.21. The van der Waals surface area contributed by atoms with Crippen molar-refractivity contribution in [1.82, 2.24) is 14.9 Å². The molecule has 0 aliphatic rings. The van der Waals surface area contributed by atoms with E-state index in [9.17, 15) is 13.2 Å². The van der Waals surface area contributed by atoms with Crippen molar-refractivity contribution in [2.45, 2.75) is 10.9 Å². The second kappa shape index (κ2) is 10.7. The van der Waals surface area contributed by atoms with Crippen LogP contribution in [-0.4, -0.2) is 67.2 Å². The van der Waals surface area contributed by atoms with E-state index >= 15 is 0 Å². The lowest BCUT2D eigenvalue weighted by molar-refractivity contribution is 0.0941. The molecule has 0 radical (unpaired) electrons. The third-order valence-electron chi connectivity index (χ3n) is 4.32. The number of hydrogen-bond donors (Lipinski definition) is 2. The smallest absolute Gasteiger partial charge is 0.251 e. The molecule has 160 valence electrons. The Balaban J connectivity index is 2.18. The molecule has 1 unspecified atom stereocenters. The van der Waals surface area contributed by atoms with Crippen molar-refractivity contribution in [2.24, 2.45) is 0 Å².